The van der Waals surface area contributed by atoms with Crippen LogP contribution in [0.5, 0.6) is 17.2 Å². The summed E-state index contributed by atoms with van der Waals surface area (Å²) in [5.74, 6) is 0.627. The first-order valence-corrected chi connectivity index (χ1v) is 9.92. The number of rotatable bonds is 8. The number of esters is 1. The normalized spacial score (nSPS) is 11.2. The van der Waals surface area contributed by atoms with Gasteiger partial charge in [-0.1, -0.05) is 12.1 Å². The zero-order chi connectivity index (χ0) is 24.2. The molecule has 7 nitrogen and oxygen atoms in total. The molecule has 3 aromatic rings. The molecule has 0 amide bonds. The van der Waals surface area contributed by atoms with Gasteiger partial charge in [-0.15, -0.1) is 0 Å². The fraction of sp³-hybridized carbons (Fsp3) is 0.304. The first-order valence-electron chi connectivity index (χ1n) is 9.92. The van der Waals surface area contributed by atoms with Crippen LogP contribution in [0.15, 0.2) is 42.7 Å². The predicted molar refractivity (Wildman–Crippen MR) is 114 cm³/mol. The van der Waals surface area contributed by atoms with E-state index in [9.17, 15) is 18.0 Å². The Morgan fingerprint density at radius 2 is 1.58 bits per heavy atom. The Morgan fingerprint density at radius 1 is 0.970 bits per heavy atom. The largest absolute Gasteiger partial charge is 0.493 e. The van der Waals surface area contributed by atoms with Crippen molar-refractivity contribution in [2.24, 2.45) is 0 Å². The summed E-state index contributed by atoms with van der Waals surface area (Å²) >= 11 is 0. The molecule has 0 aliphatic heterocycles. The second-order valence-electron chi connectivity index (χ2n) is 6.86. The van der Waals surface area contributed by atoms with Gasteiger partial charge in [0.2, 0.25) is 5.75 Å². The van der Waals surface area contributed by atoms with Crippen LogP contribution in [0.3, 0.4) is 0 Å². The van der Waals surface area contributed by atoms with E-state index in [1.54, 1.807) is 23.6 Å². The molecule has 1 heterocycles. The number of hydrogen-bond donors (Lipinski definition) is 0. The van der Waals surface area contributed by atoms with Crippen molar-refractivity contribution in [3.8, 4) is 39.8 Å². The Hall–Kier alpha value is -3.69. The summed E-state index contributed by atoms with van der Waals surface area (Å²) in [4.78, 5) is 16.6. The second kappa shape index (κ2) is 9.85. The standard InChI is InChI=1S/C23H23F3N2O5/c1-5-33-19(29)12-28-13-27-20(14-6-8-16(9-7-14)23(24,25)26)21(28)15-10-17(30-2)22(32-4)18(11-15)31-3/h6-11,13H,5,12H2,1-4H3. The van der Waals surface area contributed by atoms with Gasteiger partial charge in [0.15, 0.2) is 11.5 Å². The predicted octanol–water partition coefficient (Wildman–Crippen LogP) is 4.82. The molecule has 33 heavy (non-hydrogen) atoms. The van der Waals surface area contributed by atoms with Gasteiger partial charge in [-0.25, -0.2) is 4.98 Å². The highest BCUT2D eigenvalue weighted by atomic mass is 19.4. The fourth-order valence-corrected chi connectivity index (χ4v) is 3.40. The van der Waals surface area contributed by atoms with E-state index in [1.807, 2.05) is 0 Å². The van der Waals surface area contributed by atoms with Gasteiger partial charge in [0, 0.05) is 11.1 Å². The summed E-state index contributed by atoms with van der Waals surface area (Å²) in [6, 6.07) is 7.99. The van der Waals surface area contributed by atoms with E-state index in [0.717, 1.165) is 12.1 Å². The fourth-order valence-electron chi connectivity index (χ4n) is 3.40. The van der Waals surface area contributed by atoms with Crippen LogP contribution in [0.2, 0.25) is 0 Å². The van der Waals surface area contributed by atoms with E-state index in [-0.39, 0.29) is 13.2 Å². The SMILES string of the molecule is CCOC(=O)Cn1cnc(-c2ccc(C(F)(F)F)cc2)c1-c1cc(OC)c(OC)c(OC)c1. The number of carbonyl (C=O) groups is 1. The van der Waals surface area contributed by atoms with Crippen LogP contribution in [-0.4, -0.2) is 43.5 Å². The molecule has 2 aromatic carbocycles. The maximum atomic E-state index is 13.0. The van der Waals surface area contributed by atoms with Gasteiger partial charge in [-0.3, -0.25) is 4.79 Å². The average Bonchev–Trinajstić information content (AvgIpc) is 3.20. The number of carbonyl (C=O) groups excluding carboxylic acids is 1. The first kappa shape index (κ1) is 24.0. The molecule has 0 radical (unpaired) electrons. The van der Waals surface area contributed by atoms with E-state index in [2.05, 4.69) is 4.98 Å². The molecule has 0 fully saturated rings. The van der Waals surface area contributed by atoms with Crippen LogP contribution in [-0.2, 0) is 22.3 Å². The molecule has 1 aromatic heterocycles. The number of hydrogen-bond acceptors (Lipinski definition) is 6. The molecule has 0 unspecified atom stereocenters. The lowest BCUT2D eigenvalue weighted by molar-refractivity contribution is -0.143. The smallest absolute Gasteiger partial charge is 0.416 e. The number of nitrogens with zero attached hydrogens (tertiary/aromatic N) is 2. The Labute approximate surface area is 188 Å². The molecule has 0 spiro atoms. The van der Waals surface area contributed by atoms with Crippen LogP contribution < -0.4 is 14.2 Å². The van der Waals surface area contributed by atoms with Gasteiger partial charge < -0.3 is 23.5 Å². The molecule has 0 aliphatic rings. The van der Waals surface area contributed by atoms with E-state index in [4.69, 9.17) is 18.9 Å². The summed E-state index contributed by atoms with van der Waals surface area (Å²) in [5.41, 5.74) is 1.08. The Morgan fingerprint density at radius 3 is 2.06 bits per heavy atom. The molecule has 0 N–H and O–H groups in total. The van der Waals surface area contributed by atoms with Crippen molar-refractivity contribution in [1.29, 1.82) is 0 Å². The summed E-state index contributed by atoms with van der Waals surface area (Å²) in [6.07, 6.45) is -3.02. The molecule has 176 valence electrons. The van der Waals surface area contributed by atoms with Gasteiger partial charge in [0.1, 0.15) is 6.54 Å². The molecular weight excluding hydrogens is 441 g/mol. The minimum Gasteiger partial charge on any atom is -0.493 e. The highest BCUT2D eigenvalue weighted by molar-refractivity contribution is 5.82. The third-order valence-corrected chi connectivity index (χ3v) is 4.87. The quantitative estimate of drug-likeness (QED) is 0.445. The lowest BCUT2D eigenvalue weighted by Crippen LogP contribution is -2.13. The number of alkyl halides is 3. The minimum atomic E-state index is -4.46. The summed E-state index contributed by atoms with van der Waals surface area (Å²) in [5, 5.41) is 0. The van der Waals surface area contributed by atoms with Gasteiger partial charge in [-0.2, -0.15) is 13.2 Å². The molecule has 0 saturated carbocycles. The van der Waals surface area contributed by atoms with E-state index < -0.39 is 17.7 Å². The number of ether oxygens (including phenoxy) is 4. The van der Waals surface area contributed by atoms with E-state index in [0.29, 0.717) is 39.8 Å². The van der Waals surface area contributed by atoms with E-state index in [1.165, 1.54) is 39.8 Å². The highest BCUT2D eigenvalue weighted by Crippen LogP contribution is 2.43. The van der Waals surface area contributed by atoms with Crippen molar-refractivity contribution < 1.29 is 36.9 Å². The number of halogens is 3. The second-order valence-corrected chi connectivity index (χ2v) is 6.86. The van der Waals surface area contributed by atoms with Crippen molar-refractivity contribution in [2.45, 2.75) is 19.6 Å². The van der Waals surface area contributed by atoms with Gasteiger partial charge in [0.25, 0.3) is 0 Å². The molecule has 0 atom stereocenters. The Balaban J connectivity index is 2.20. The number of benzene rings is 2. The maximum Gasteiger partial charge on any atom is 0.416 e. The van der Waals surface area contributed by atoms with Crippen LogP contribution in [0.25, 0.3) is 22.5 Å². The zero-order valence-corrected chi connectivity index (χ0v) is 18.5. The van der Waals surface area contributed by atoms with Gasteiger partial charge in [-0.05, 0) is 31.2 Å². The molecular formula is C23H23F3N2O5. The Bertz CT molecular complexity index is 1100. The van der Waals surface area contributed by atoms with Crippen LogP contribution in [0.1, 0.15) is 12.5 Å². The Kier molecular flexibility index (Phi) is 7.15. The number of methoxy groups -OCH3 is 3. The van der Waals surface area contributed by atoms with Crippen LogP contribution in [0, 0.1) is 0 Å². The van der Waals surface area contributed by atoms with Crippen molar-refractivity contribution in [1.82, 2.24) is 9.55 Å². The first-order chi connectivity index (χ1) is 15.7. The van der Waals surface area contributed by atoms with Crippen molar-refractivity contribution >= 4 is 5.97 Å². The number of aromatic nitrogens is 2. The average molecular weight is 464 g/mol. The topological polar surface area (TPSA) is 71.8 Å². The summed E-state index contributed by atoms with van der Waals surface area (Å²) in [6.45, 7) is 1.76. The monoisotopic (exact) mass is 464 g/mol. The highest BCUT2D eigenvalue weighted by Gasteiger charge is 2.30. The van der Waals surface area contributed by atoms with Crippen molar-refractivity contribution in [2.75, 3.05) is 27.9 Å². The third-order valence-electron chi connectivity index (χ3n) is 4.87. The molecule has 3 rings (SSSR count). The lowest BCUT2D eigenvalue weighted by Gasteiger charge is -2.16. The third kappa shape index (κ3) is 5.05. The maximum absolute atomic E-state index is 13.0. The summed E-state index contributed by atoms with van der Waals surface area (Å²) < 4.78 is 61.9. The van der Waals surface area contributed by atoms with Crippen molar-refractivity contribution in [3.05, 3.63) is 48.3 Å². The summed E-state index contributed by atoms with van der Waals surface area (Å²) in [7, 11) is 4.40. The minimum absolute atomic E-state index is 0.145. The molecule has 10 heteroatoms. The number of imidazole rings is 1. The van der Waals surface area contributed by atoms with E-state index >= 15 is 0 Å². The zero-order valence-electron chi connectivity index (χ0n) is 18.5. The molecule has 0 saturated heterocycles. The molecule has 0 bridgehead atoms. The van der Waals surface area contributed by atoms with Gasteiger partial charge >= 0.3 is 12.1 Å². The lowest BCUT2D eigenvalue weighted by atomic mass is 10.0. The van der Waals surface area contributed by atoms with Crippen molar-refractivity contribution in [3.63, 3.8) is 0 Å². The molecule has 0 aliphatic carbocycles. The van der Waals surface area contributed by atoms with Crippen LogP contribution >= 0.6 is 0 Å². The van der Waals surface area contributed by atoms with Crippen LogP contribution in [0.4, 0.5) is 13.2 Å². The van der Waals surface area contributed by atoms with Gasteiger partial charge in [0.05, 0.1) is 51.2 Å².